The smallest absolute Gasteiger partial charge is 0.301 e. The molecule has 24 heavy (non-hydrogen) atoms. The van der Waals surface area contributed by atoms with E-state index >= 15 is 0 Å². The zero-order valence-electron chi connectivity index (χ0n) is 12.6. The van der Waals surface area contributed by atoms with Crippen LogP contribution in [0.15, 0.2) is 76.6 Å². The van der Waals surface area contributed by atoms with Gasteiger partial charge in [-0.2, -0.15) is 0 Å². The Labute approximate surface area is 142 Å². The summed E-state index contributed by atoms with van der Waals surface area (Å²) in [5.74, 6) is -0.273. The van der Waals surface area contributed by atoms with Gasteiger partial charge in [0, 0.05) is 28.7 Å². The quantitative estimate of drug-likeness (QED) is 0.541. The Hall–Kier alpha value is -2.92. The number of rotatable bonds is 4. The van der Waals surface area contributed by atoms with Crippen LogP contribution in [-0.2, 0) is 6.54 Å². The number of hydrogen-bond acceptors (Lipinski definition) is 3. The first-order chi connectivity index (χ1) is 11.6. The van der Waals surface area contributed by atoms with Gasteiger partial charge in [0.05, 0.1) is 6.54 Å². The molecule has 0 aliphatic rings. The fourth-order valence-electron chi connectivity index (χ4n) is 2.31. The molecule has 0 amide bonds. The molecule has 120 valence electrons. The molecule has 0 saturated carbocycles. The lowest BCUT2D eigenvalue weighted by atomic mass is 10.1. The summed E-state index contributed by atoms with van der Waals surface area (Å²) in [7, 11) is 0. The summed E-state index contributed by atoms with van der Waals surface area (Å²) in [5, 5.41) is 0.522. The zero-order chi connectivity index (χ0) is 17.1. The summed E-state index contributed by atoms with van der Waals surface area (Å²) >= 11 is 5.79. The normalized spacial score (nSPS) is 10.5. The second-order valence-corrected chi connectivity index (χ2v) is 5.61. The van der Waals surface area contributed by atoms with E-state index in [2.05, 4.69) is 0 Å². The van der Waals surface area contributed by atoms with E-state index in [0.717, 1.165) is 4.57 Å². The topological polar surface area (TPSA) is 61.1 Å². The number of nitrogens with zero attached hydrogens (tertiary/aromatic N) is 2. The molecule has 2 aromatic carbocycles. The van der Waals surface area contributed by atoms with Crippen molar-refractivity contribution in [1.82, 2.24) is 9.13 Å². The molecule has 3 rings (SSSR count). The van der Waals surface area contributed by atoms with Gasteiger partial charge in [-0.1, -0.05) is 29.8 Å². The SMILES string of the molecule is O=C(Cn1ccn(-c2ccccc2)c(=O)c1=O)c1ccc(Cl)cc1. The van der Waals surface area contributed by atoms with Gasteiger partial charge in [-0.15, -0.1) is 0 Å². The second-order valence-electron chi connectivity index (χ2n) is 5.17. The number of aromatic nitrogens is 2. The summed E-state index contributed by atoms with van der Waals surface area (Å²) in [6.07, 6.45) is 2.92. The molecule has 0 fully saturated rings. The number of benzene rings is 2. The average Bonchev–Trinajstić information content (AvgIpc) is 2.60. The number of ketones is 1. The molecule has 1 aromatic heterocycles. The van der Waals surface area contributed by atoms with Crippen molar-refractivity contribution in [3.05, 3.63) is 98.3 Å². The third-order valence-corrected chi connectivity index (χ3v) is 3.82. The number of hydrogen-bond donors (Lipinski definition) is 0. The Morgan fingerprint density at radius 3 is 2.21 bits per heavy atom. The maximum atomic E-state index is 12.3. The lowest BCUT2D eigenvalue weighted by molar-refractivity contribution is 0.0970. The van der Waals surface area contributed by atoms with Crippen LogP contribution >= 0.6 is 11.6 Å². The monoisotopic (exact) mass is 340 g/mol. The molecule has 5 nitrogen and oxygen atoms in total. The van der Waals surface area contributed by atoms with E-state index in [9.17, 15) is 14.4 Å². The summed E-state index contributed by atoms with van der Waals surface area (Å²) in [5.41, 5.74) is -0.425. The molecule has 6 heteroatoms. The molecule has 0 radical (unpaired) electrons. The Morgan fingerprint density at radius 1 is 0.875 bits per heavy atom. The van der Waals surface area contributed by atoms with Crippen molar-refractivity contribution in [1.29, 1.82) is 0 Å². The summed E-state index contributed by atoms with van der Waals surface area (Å²) in [6, 6.07) is 15.2. The van der Waals surface area contributed by atoms with E-state index in [-0.39, 0.29) is 12.3 Å². The van der Waals surface area contributed by atoms with E-state index < -0.39 is 11.1 Å². The van der Waals surface area contributed by atoms with Gasteiger partial charge < -0.3 is 4.57 Å². The molecule has 0 N–H and O–H groups in total. The van der Waals surface area contributed by atoms with Gasteiger partial charge in [0.25, 0.3) is 0 Å². The molecule has 0 aliphatic carbocycles. The molecular weight excluding hydrogens is 328 g/mol. The van der Waals surface area contributed by atoms with Crippen LogP contribution in [0.25, 0.3) is 5.69 Å². The van der Waals surface area contributed by atoms with Crippen LogP contribution < -0.4 is 11.1 Å². The van der Waals surface area contributed by atoms with Crippen molar-refractivity contribution in [2.24, 2.45) is 0 Å². The highest BCUT2D eigenvalue weighted by Gasteiger charge is 2.11. The average molecular weight is 341 g/mol. The summed E-state index contributed by atoms with van der Waals surface area (Å²) in [6.45, 7) is -0.203. The fourth-order valence-corrected chi connectivity index (χ4v) is 2.43. The van der Waals surface area contributed by atoms with Crippen LogP contribution in [0.3, 0.4) is 0 Å². The van der Waals surface area contributed by atoms with Crippen molar-refractivity contribution in [2.75, 3.05) is 0 Å². The highest BCUT2D eigenvalue weighted by Crippen LogP contribution is 2.10. The van der Waals surface area contributed by atoms with Crippen LogP contribution in [-0.4, -0.2) is 14.9 Å². The minimum atomic E-state index is -0.747. The third-order valence-electron chi connectivity index (χ3n) is 3.57. The van der Waals surface area contributed by atoms with Crippen LogP contribution in [0.1, 0.15) is 10.4 Å². The molecular formula is C18H13ClN2O3. The first-order valence-corrected chi connectivity index (χ1v) is 7.60. The summed E-state index contributed by atoms with van der Waals surface area (Å²) < 4.78 is 2.37. The Kier molecular flexibility index (Phi) is 4.44. The maximum Gasteiger partial charge on any atom is 0.320 e. The van der Waals surface area contributed by atoms with Crippen molar-refractivity contribution in [3.8, 4) is 5.69 Å². The van der Waals surface area contributed by atoms with E-state index in [4.69, 9.17) is 11.6 Å². The van der Waals surface area contributed by atoms with Crippen molar-refractivity contribution < 1.29 is 4.79 Å². The first-order valence-electron chi connectivity index (χ1n) is 7.22. The summed E-state index contributed by atoms with van der Waals surface area (Å²) in [4.78, 5) is 36.7. The Balaban J connectivity index is 1.92. The lowest BCUT2D eigenvalue weighted by Gasteiger charge is -2.08. The first kappa shape index (κ1) is 16.0. The lowest BCUT2D eigenvalue weighted by Crippen LogP contribution is -2.41. The highest BCUT2D eigenvalue weighted by molar-refractivity contribution is 6.30. The predicted octanol–water partition coefficient (Wildman–Crippen LogP) is 2.54. The van der Waals surface area contributed by atoms with Gasteiger partial charge >= 0.3 is 11.1 Å². The van der Waals surface area contributed by atoms with Crippen LogP contribution in [0, 0.1) is 0 Å². The van der Waals surface area contributed by atoms with Crippen molar-refractivity contribution in [3.63, 3.8) is 0 Å². The Bertz CT molecular complexity index is 989. The highest BCUT2D eigenvalue weighted by atomic mass is 35.5. The number of halogens is 1. The second kappa shape index (κ2) is 6.68. The molecule has 0 unspecified atom stereocenters. The number of Topliss-reactive ketones (excluding diaryl/α,β-unsaturated/α-hetero) is 1. The Morgan fingerprint density at radius 2 is 1.54 bits per heavy atom. The van der Waals surface area contributed by atoms with Gasteiger partial charge in [-0.05, 0) is 36.4 Å². The van der Waals surface area contributed by atoms with Crippen LogP contribution in [0.5, 0.6) is 0 Å². The molecule has 0 aliphatic heterocycles. The molecule has 1 heterocycles. The molecule has 0 bridgehead atoms. The number of carbonyl (C=O) groups is 1. The number of carbonyl (C=O) groups excluding carboxylic acids is 1. The fraction of sp³-hybridized carbons (Fsp3) is 0.0556. The largest absolute Gasteiger partial charge is 0.320 e. The van der Waals surface area contributed by atoms with Gasteiger partial charge in [0.2, 0.25) is 0 Å². The minimum Gasteiger partial charge on any atom is -0.301 e. The van der Waals surface area contributed by atoms with Gasteiger partial charge in [-0.3, -0.25) is 19.0 Å². The minimum absolute atomic E-state index is 0.203. The number of para-hydroxylation sites is 1. The molecule has 0 saturated heterocycles. The third kappa shape index (κ3) is 3.21. The van der Waals surface area contributed by atoms with Gasteiger partial charge in [0.1, 0.15) is 0 Å². The maximum absolute atomic E-state index is 12.3. The molecule has 0 spiro atoms. The molecule has 3 aromatic rings. The van der Waals surface area contributed by atoms with E-state index in [1.165, 1.54) is 17.0 Å². The van der Waals surface area contributed by atoms with Crippen molar-refractivity contribution >= 4 is 17.4 Å². The van der Waals surface area contributed by atoms with Crippen LogP contribution in [0.4, 0.5) is 0 Å². The van der Waals surface area contributed by atoms with E-state index in [1.54, 1.807) is 48.5 Å². The van der Waals surface area contributed by atoms with E-state index in [0.29, 0.717) is 16.3 Å². The van der Waals surface area contributed by atoms with Crippen molar-refractivity contribution in [2.45, 2.75) is 6.54 Å². The van der Waals surface area contributed by atoms with Crippen LogP contribution in [0.2, 0.25) is 5.02 Å². The standard InChI is InChI=1S/C18H13ClN2O3/c19-14-8-6-13(7-9-14)16(22)12-20-10-11-21(18(24)17(20)23)15-4-2-1-3-5-15/h1-11H,12H2. The van der Waals surface area contributed by atoms with Gasteiger partial charge in [-0.25, -0.2) is 0 Å². The molecule has 0 atom stereocenters. The zero-order valence-corrected chi connectivity index (χ0v) is 13.3. The predicted molar refractivity (Wildman–Crippen MR) is 92.1 cm³/mol. The van der Waals surface area contributed by atoms with E-state index in [1.807, 2.05) is 6.07 Å². The van der Waals surface area contributed by atoms with Gasteiger partial charge in [0.15, 0.2) is 5.78 Å².